The van der Waals surface area contributed by atoms with E-state index in [4.69, 9.17) is 16.3 Å². The van der Waals surface area contributed by atoms with E-state index in [1.807, 2.05) is 11.8 Å². The first-order chi connectivity index (χ1) is 13.5. The highest BCUT2D eigenvalue weighted by Gasteiger charge is 2.28. The van der Waals surface area contributed by atoms with Gasteiger partial charge in [-0.05, 0) is 44.9 Å². The number of halogens is 1. The SMILES string of the molecule is CCN(C(=O)[C@H](C)Sc1n[nH]c(-c2cc(Cl)ccc2OC)n1)C1CCCCC1. The summed E-state index contributed by atoms with van der Waals surface area (Å²) in [4.78, 5) is 19.6. The van der Waals surface area contributed by atoms with Crippen molar-refractivity contribution in [2.45, 2.75) is 62.4 Å². The molecule has 1 amide bonds. The van der Waals surface area contributed by atoms with Crippen LogP contribution in [0.3, 0.4) is 0 Å². The van der Waals surface area contributed by atoms with Gasteiger partial charge in [-0.15, -0.1) is 5.10 Å². The Morgan fingerprint density at radius 3 is 2.82 bits per heavy atom. The molecule has 1 aliphatic carbocycles. The van der Waals surface area contributed by atoms with Gasteiger partial charge < -0.3 is 9.64 Å². The van der Waals surface area contributed by atoms with Crippen molar-refractivity contribution < 1.29 is 9.53 Å². The third kappa shape index (κ3) is 4.81. The van der Waals surface area contributed by atoms with E-state index in [9.17, 15) is 4.79 Å². The zero-order valence-corrected chi connectivity index (χ0v) is 18.1. The standard InChI is InChI=1S/C20H27ClN4O2S/c1-4-25(15-8-6-5-7-9-15)19(26)13(2)28-20-22-18(23-24-20)16-12-14(21)10-11-17(16)27-3/h10-13,15H,4-9H2,1-3H3,(H,22,23,24)/t13-/m0/s1. The van der Waals surface area contributed by atoms with E-state index in [0.717, 1.165) is 24.9 Å². The van der Waals surface area contributed by atoms with Gasteiger partial charge in [-0.3, -0.25) is 9.89 Å². The molecule has 0 unspecified atom stereocenters. The number of thioether (sulfide) groups is 1. The fourth-order valence-corrected chi connectivity index (χ4v) is 4.68. The predicted octanol–water partition coefficient (Wildman–Crippen LogP) is 4.80. The quantitative estimate of drug-likeness (QED) is 0.649. The number of nitrogens with zero attached hydrogens (tertiary/aromatic N) is 3. The molecule has 1 saturated carbocycles. The summed E-state index contributed by atoms with van der Waals surface area (Å²) >= 11 is 7.48. The first-order valence-electron chi connectivity index (χ1n) is 9.77. The molecular weight excluding hydrogens is 396 g/mol. The number of H-pyrrole nitrogens is 1. The molecule has 0 aliphatic heterocycles. The smallest absolute Gasteiger partial charge is 0.236 e. The van der Waals surface area contributed by atoms with Crippen LogP contribution in [0.25, 0.3) is 11.4 Å². The molecule has 2 aromatic rings. The summed E-state index contributed by atoms with van der Waals surface area (Å²) in [6.45, 7) is 4.72. The lowest BCUT2D eigenvalue weighted by Gasteiger charge is -2.35. The number of nitrogens with one attached hydrogen (secondary N) is 1. The Hall–Kier alpha value is -1.73. The molecule has 1 aromatic carbocycles. The van der Waals surface area contributed by atoms with Crippen molar-refractivity contribution in [3.05, 3.63) is 23.2 Å². The van der Waals surface area contributed by atoms with E-state index in [-0.39, 0.29) is 11.2 Å². The minimum atomic E-state index is -0.244. The van der Waals surface area contributed by atoms with Crippen LogP contribution in [0.4, 0.5) is 0 Å². The van der Waals surface area contributed by atoms with Gasteiger partial charge in [-0.2, -0.15) is 0 Å². The number of hydrogen-bond acceptors (Lipinski definition) is 5. The van der Waals surface area contributed by atoms with E-state index in [0.29, 0.717) is 27.8 Å². The Labute approximate surface area is 175 Å². The summed E-state index contributed by atoms with van der Waals surface area (Å²) < 4.78 is 5.38. The molecule has 1 fully saturated rings. The Kier molecular flexibility index (Phi) is 7.24. The fraction of sp³-hybridized carbons (Fsp3) is 0.550. The monoisotopic (exact) mass is 422 g/mol. The van der Waals surface area contributed by atoms with Crippen LogP contribution in [-0.2, 0) is 4.79 Å². The number of carbonyl (C=O) groups excluding carboxylic acids is 1. The maximum Gasteiger partial charge on any atom is 0.236 e. The van der Waals surface area contributed by atoms with Crippen LogP contribution in [0, 0.1) is 0 Å². The molecule has 6 nitrogen and oxygen atoms in total. The molecule has 1 atom stereocenters. The summed E-state index contributed by atoms with van der Waals surface area (Å²) in [5.41, 5.74) is 0.741. The summed E-state index contributed by atoms with van der Waals surface area (Å²) in [6.07, 6.45) is 5.91. The number of amides is 1. The first kappa shape index (κ1) is 21.0. The normalized spacial score (nSPS) is 16.0. The van der Waals surface area contributed by atoms with E-state index in [1.54, 1.807) is 25.3 Å². The zero-order chi connectivity index (χ0) is 20.1. The molecule has 1 aliphatic rings. The second-order valence-electron chi connectivity index (χ2n) is 6.99. The first-order valence-corrected chi connectivity index (χ1v) is 11.0. The molecule has 0 radical (unpaired) electrons. The van der Waals surface area contributed by atoms with Gasteiger partial charge in [0.05, 0.1) is 17.9 Å². The van der Waals surface area contributed by atoms with Gasteiger partial charge in [0.25, 0.3) is 0 Å². The number of rotatable bonds is 7. The second kappa shape index (κ2) is 9.65. The lowest BCUT2D eigenvalue weighted by Crippen LogP contribution is -2.44. The molecule has 1 aromatic heterocycles. The average Bonchev–Trinajstić information content (AvgIpc) is 3.17. The molecule has 28 heavy (non-hydrogen) atoms. The van der Waals surface area contributed by atoms with Crippen LogP contribution in [-0.4, -0.2) is 50.9 Å². The van der Waals surface area contributed by atoms with Crippen molar-refractivity contribution in [1.82, 2.24) is 20.1 Å². The van der Waals surface area contributed by atoms with E-state index in [2.05, 4.69) is 22.1 Å². The molecule has 152 valence electrons. The summed E-state index contributed by atoms with van der Waals surface area (Å²) in [5.74, 6) is 1.39. The van der Waals surface area contributed by atoms with Gasteiger partial charge >= 0.3 is 0 Å². The van der Waals surface area contributed by atoms with Gasteiger partial charge in [0.1, 0.15) is 5.75 Å². The topological polar surface area (TPSA) is 71.1 Å². The Bertz CT molecular complexity index is 807. The maximum atomic E-state index is 13.0. The molecule has 0 spiro atoms. The number of ether oxygens (including phenoxy) is 1. The number of aromatic nitrogens is 3. The largest absolute Gasteiger partial charge is 0.496 e. The van der Waals surface area contributed by atoms with Crippen molar-refractivity contribution >= 4 is 29.3 Å². The van der Waals surface area contributed by atoms with Crippen molar-refractivity contribution in [3.63, 3.8) is 0 Å². The zero-order valence-electron chi connectivity index (χ0n) is 16.6. The molecule has 1 heterocycles. The number of carbonyl (C=O) groups is 1. The summed E-state index contributed by atoms with van der Waals surface area (Å²) in [7, 11) is 1.60. The van der Waals surface area contributed by atoms with Crippen LogP contribution < -0.4 is 4.74 Å². The Morgan fingerprint density at radius 1 is 1.39 bits per heavy atom. The summed E-state index contributed by atoms with van der Waals surface area (Å²) in [6, 6.07) is 5.71. The predicted molar refractivity (Wildman–Crippen MR) is 113 cm³/mol. The highest BCUT2D eigenvalue weighted by molar-refractivity contribution is 8.00. The average molecular weight is 423 g/mol. The second-order valence-corrected chi connectivity index (χ2v) is 8.73. The van der Waals surface area contributed by atoms with Crippen molar-refractivity contribution in [3.8, 4) is 17.1 Å². The van der Waals surface area contributed by atoms with Crippen molar-refractivity contribution in [1.29, 1.82) is 0 Å². The van der Waals surface area contributed by atoms with E-state index >= 15 is 0 Å². The van der Waals surface area contributed by atoms with Gasteiger partial charge in [0.2, 0.25) is 11.1 Å². The molecule has 0 bridgehead atoms. The molecule has 0 saturated heterocycles. The van der Waals surface area contributed by atoms with Gasteiger partial charge in [-0.1, -0.05) is 42.6 Å². The molecule has 1 N–H and O–H groups in total. The number of hydrogen-bond donors (Lipinski definition) is 1. The van der Waals surface area contributed by atoms with Crippen LogP contribution in [0.2, 0.25) is 5.02 Å². The maximum absolute atomic E-state index is 13.0. The number of benzene rings is 1. The van der Waals surface area contributed by atoms with Crippen LogP contribution in [0.15, 0.2) is 23.4 Å². The van der Waals surface area contributed by atoms with Crippen LogP contribution in [0.1, 0.15) is 46.0 Å². The van der Waals surface area contributed by atoms with Gasteiger partial charge in [0, 0.05) is 17.6 Å². The molecule has 3 rings (SSSR count). The lowest BCUT2D eigenvalue weighted by molar-refractivity contribution is -0.133. The van der Waals surface area contributed by atoms with Crippen LogP contribution >= 0.6 is 23.4 Å². The summed E-state index contributed by atoms with van der Waals surface area (Å²) in [5, 5.41) is 8.09. The van der Waals surface area contributed by atoms with Crippen LogP contribution in [0.5, 0.6) is 5.75 Å². The third-order valence-electron chi connectivity index (χ3n) is 5.15. The van der Waals surface area contributed by atoms with E-state index in [1.165, 1.54) is 31.0 Å². The third-order valence-corrected chi connectivity index (χ3v) is 6.33. The Morgan fingerprint density at radius 2 is 2.14 bits per heavy atom. The van der Waals surface area contributed by atoms with Gasteiger partial charge in [0.15, 0.2) is 5.82 Å². The lowest BCUT2D eigenvalue weighted by atomic mass is 9.94. The van der Waals surface area contributed by atoms with E-state index < -0.39 is 0 Å². The van der Waals surface area contributed by atoms with Gasteiger partial charge in [-0.25, -0.2) is 4.98 Å². The van der Waals surface area contributed by atoms with Crippen molar-refractivity contribution in [2.24, 2.45) is 0 Å². The highest BCUT2D eigenvalue weighted by Crippen LogP contribution is 2.32. The highest BCUT2D eigenvalue weighted by atomic mass is 35.5. The number of aromatic amines is 1. The fourth-order valence-electron chi connectivity index (χ4n) is 3.71. The minimum Gasteiger partial charge on any atom is -0.496 e. The number of methoxy groups -OCH3 is 1. The van der Waals surface area contributed by atoms with Crippen molar-refractivity contribution in [2.75, 3.05) is 13.7 Å². The minimum absolute atomic E-state index is 0.158. The molecule has 8 heteroatoms. The molecular formula is C20H27ClN4O2S. The Balaban J connectivity index is 1.70.